The first-order valence-corrected chi connectivity index (χ1v) is 5.92. The van der Waals surface area contributed by atoms with Gasteiger partial charge in [0.15, 0.2) is 0 Å². The Labute approximate surface area is 106 Å². The van der Waals surface area contributed by atoms with Gasteiger partial charge in [-0.3, -0.25) is 5.32 Å². The number of carbonyl (C=O) groups is 1. The zero-order valence-corrected chi connectivity index (χ0v) is 10.6. The van der Waals surface area contributed by atoms with Gasteiger partial charge < -0.3 is 10.1 Å². The maximum absolute atomic E-state index is 11.1. The molecule has 0 saturated carbocycles. The molecule has 5 nitrogen and oxygen atoms in total. The van der Waals surface area contributed by atoms with Crippen molar-refractivity contribution in [2.75, 3.05) is 13.7 Å². The zero-order valence-electron chi connectivity index (χ0n) is 10.6. The van der Waals surface area contributed by atoms with Gasteiger partial charge in [0.1, 0.15) is 0 Å². The number of ether oxygens (including phenoxy) is 1. The minimum absolute atomic E-state index is 0.0818. The summed E-state index contributed by atoms with van der Waals surface area (Å²) in [4.78, 5) is 15.6. The maximum atomic E-state index is 11.1. The summed E-state index contributed by atoms with van der Waals surface area (Å²) in [6.45, 7) is 2.84. The minimum atomic E-state index is -0.508. The second-order valence-corrected chi connectivity index (χ2v) is 4.24. The number of carbonyl (C=O) groups excluding carboxylic acids is 1. The fraction of sp³-hybridized carbons (Fsp3) is 0.385. The molecule has 1 unspecified atom stereocenters. The van der Waals surface area contributed by atoms with Crippen LogP contribution in [0.15, 0.2) is 29.3 Å². The molecule has 2 N–H and O–H groups in total. The van der Waals surface area contributed by atoms with E-state index < -0.39 is 6.09 Å². The Morgan fingerprint density at radius 1 is 1.56 bits per heavy atom. The van der Waals surface area contributed by atoms with Crippen molar-refractivity contribution in [3.05, 3.63) is 35.4 Å². The predicted molar refractivity (Wildman–Crippen MR) is 69.5 cm³/mol. The summed E-state index contributed by atoms with van der Waals surface area (Å²) in [6.07, 6.45) is 0.404. The summed E-state index contributed by atoms with van der Waals surface area (Å²) >= 11 is 0. The van der Waals surface area contributed by atoms with E-state index in [0.29, 0.717) is 5.96 Å². The fourth-order valence-electron chi connectivity index (χ4n) is 1.94. The molecule has 1 aliphatic rings. The highest BCUT2D eigenvalue weighted by molar-refractivity contribution is 5.94. The predicted octanol–water partition coefficient (Wildman–Crippen LogP) is 1.74. The van der Waals surface area contributed by atoms with E-state index >= 15 is 0 Å². The van der Waals surface area contributed by atoms with Gasteiger partial charge in [-0.15, -0.1) is 0 Å². The first kappa shape index (κ1) is 12.4. The maximum Gasteiger partial charge on any atom is 0.413 e. The van der Waals surface area contributed by atoms with E-state index in [0.717, 1.165) is 13.0 Å². The van der Waals surface area contributed by atoms with E-state index in [2.05, 4.69) is 45.5 Å². The Kier molecular flexibility index (Phi) is 3.82. The van der Waals surface area contributed by atoms with Crippen molar-refractivity contribution in [2.45, 2.75) is 19.4 Å². The number of methoxy groups -OCH3 is 1. The normalized spacial score (nSPS) is 18.6. The Bertz CT molecular complexity index is 471. The number of guanidine groups is 1. The van der Waals surface area contributed by atoms with E-state index in [4.69, 9.17) is 0 Å². The molecule has 1 aromatic rings. The molecule has 1 aromatic carbocycles. The van der Waals surface area contributed by atoms with Gasteiger partial charge in [0.25, 0.3) is 0 Å². The van der Waals surface area contributed by atoms with Crippen LogP contribution < -0.4 is 10.6 Å². The van der Waals surface area contributed by atoms with Gasteiger partial charge >= 0.3 is 6.09 Å². The third-order valence-electron chi connectivity index (χ3n) is 2.83. The molecule has 1 amide bonds. The molecular weight excluding hydrogens is 230 g/mol. The lowest BCUT2D eigenvalue weighted by Gasteiger charge is -2.22. The SMILES string of the molecule is COC(=O)NC1=NC(c2cccc(C)c2)CCN1. The number of aliphatic imine (C=N–C) groups is 1. The first-order chi connectivity index (χ1) is 8.69. The van der Waals surface area contributed by atoms with Crippen LogP contribution in [0.2, 0.25) is 0 Å². The molecular formula is C13H17N3O2. The number of hydrogen-bond donors (Lipinski definition) is 2. The molecule has 0 fully saturated rings. The average molecular weight is 247 g/mol. The summed E-state index contributed by atoms with van der Waals surface area (Å²) in [7, 11) is 1.33. The van der Waals surface area contributed by atoms with Crippen LogP contribution in [0.3, 0.4) is 0 Å². The molecule has 5 heteroatoms. The molecule has 1 atom stereocenters. The highest BCUT2D eigenvalue weighted by atomic mass is 16.5. The number of nitrogens with zero attached hydrogens (tertiary/aromatic N) is 1. The van der Waals surface area contributed by atoms with Gasteiger partial charge in [0, 0.05) is 6.54 Å². The molecule has 0 radical (unpaired) electrons. The molecule has 0 aliphatic carbocycles. The quantitative estimate of drug-likeness (QED) is 0.794. The number of aryl methyl sites for hydroxylation is 1. The average Bonchev–Trinajstić information content (AvgIpc) is 2.39. The van der Waals surface area contributed by atoms with E-state index in [1.165, 1.54) is 18.2 Å². The van der Waals surface area contributed by atoms with Crippen LogP contribution in [0, 0.1) is 6.92 Å². The van der Waals surface area contributed by atoms with Gasteiger partial charge in [-0.1, -0.05) is 29.8 Å². The van der Waals surface area contributed by atoms with Crippen molar-refractivity contribution in [3.63, 3.8) is 0 Å². The molecule has 1 aliphatic heterocycles. The Balaban J connectivity index is 2.14. The molecule has 96 valence electrons. The van der Waals surface area contributed by atoms with Gasteiger partial charge in [-0.25, -0.2) is 9.79 Å². The standard InChI is InChI=1S/C13H17N3O2/c1-9-4-3-5-10(8-9)11-6-7-14-12(15-11)16-13(17)18-2/h3-5,8,11H,6-7H2,1-2H3,(H2,14,15,16,17). The lowest BCUT2D eigenvalue weighted by atomic mass is 10.0. The molecule has 18 heavy (non-hydrogen) atoms. The topological polar surface area (TPSA) is 62.7 Å². The van der Waals surface area contributed by atoms with Crippen molar-refractivity contribution in [1.82, 2.24) is 10.6 Å². The summed E-state index contributed by atoms with van der Waals surface area (Å²) < 4.78 is 4.54. The van der Waals surface area contributed by atoms with Crippen molar-refractivity contribution >= 4 is 12.1 Å². The molecule has 0 aromatic heterocycles. The monoisotopic (exact) mass is 247 g/mol. The van der Waals surface area contributed by atoms with E-state index in [1.54, 1.807) is 0 Å². The number of nitrogens with one attached hydrogen (secondary N) is 2. The summed E-state index contributed by atoms with van der Waals surface area (Å²) in [6, 6.07) is 8.34. The molecule has 2 rings (SSSR count). The molecule has 0 spiro atoms. The smallest absolute Gasteiger partial charge is 0.413 e. The third kappa shape index (κ3) is 3.00. The number of amides is 1. The van der Waals surface area contributed by atoms with E-state index in [1.807, 2.05) is 6.07 Å². The van der Waals surface area contributed by atoms with E-state index in [-0.39, 0.29) is 6.04 Å². The number of hydrogen-bond acceptors (Lipinski definition) is 4. The second kappa shape index (κ2) is 5.53. The van der Waals surface area contributed by atoms with Crippen molar-refractivity contribution in [2.24, 2.45) is 4.99 Å². The Morgan fingerprint density at radius 3 is 3.11 bits per heavy atom. The fourth-order valence-corrected chi connectivity index (χ4v) is 1.94. The van der Waals surface area contributed by atoms with Gasteiger partial charge in [-0.05, 0) is 18.9 Å². The highest BCUT2D eigenvalue weighted by Crippen LogP contribution is 2.23. The van der Waals surface area contributed by atoms with Gasteiger partial charge in [-0.2, -0.15) is 0 Å². The van der Waals surface area contributed by atoms with Gasteiger partial charge in [0.05, 0.1) is 13.2 Å². The van der Waals surface area contributed by atoms with Gasteiger partial charge in [0.2, 0.25) is 5.96 Å². The summed E-state index contributed by atoms with van der Waals surface area (Å²) in [5.41, 5.74) is 2.38. The van der Waals surface area contributed by atoms with Crippen LogP contribution in [0.1, 0.15) is 23.6 Å². The van der Waals surface area contributed by atoms with Crippen LogP contribution in [0.4, 0.5) is 4.79 Å². The number of rotatable bonds is 1. The largest absolute Gasteiger partial charge is 0.453 e. The highest BCUT2D eigenvalue weighted by Gasteiger charge is 2.17. The van der Waals surface area contributed by atoms with Crippen molar-refractivity contribution in [1.29, 1.82) is 0 Å². The van der Waals surface area contributed by atoms with Crippen LogP contribution >= 0.6 is 0 Å². The summed E-state index contributed by atoms with van der Waals surface area (Å²) in [5.74, 6) is 0.472. The molecule has 1 heterocycles. The molecule has 0 bridgehead atoms. The van der Waals surface area contributed by atoms with Crippen LogP contribution in [0.25, 0.3) is 0 Å². The Hall–Kier alpha value is -2.04. The number of benzene rings is 1. The second-order valence-electron chi connectivity index (χ2n) is 4.24. The summed E-state index contributed by atoms with van der Waals surface area (Å²) in [5, 5.41) is 5.60. The third-order valence-corrected chi connectivity index (χ3v) is 2.83. The molecule has 0 saturated heterocycles. The van der Waals surface area contributed by atoms with Crippen molar-refractivity contribution in [3.8, 4) is 0 Å². The number of alkyl carbamates (subject to hydrolysis) is 1. The van der Waals surface area contributed by atoms with E-state index in [9.17, 15) is 4.79 Å². The first-order valence-electron chi connectivity index (χ1n) is 5.92. The van der Waals surface area contributed by atoms with Crippen molar-refractivity contribution < 1.29 is 9.53 Å². The van der Waals surface area contributed by atoms with Crippen LogP contribution in [-0.2, 0) is 4.74 Å². The lowest BCUT2D eigenvalue weighted by molar-refractivity contribution is 0.176. The Morgan fingerprint density at radius 2 is 2.39 bits per heavy atom. The zero-order chi connectivity index (χ0) is 13.0. The van der Waals surface area contributed by atoms with Crippen LogP contribution in [-0.4, -0.2) is 25.7 Å². The van der Waals surface area contributed by atoms with Crippen LogP contribution in [0.5, 0.6) is 0 Å². The lowest BCUT2D eigenvalue weighted by Crippen LogP contribution is -2.44. The minimum Gasteiger partial charge on any atom is -0.453 e.